The fraction of sp³-hybridized carbons (Fsp3) is 0.500. The summed E-state index contributed by atoms with van der Waals surface area (Å²) >= 11 is 0. The highest BCUT2D eigenvalue weighted by molar-refractivity contribution is 5.85. The molecule has 2 N–H and O–H groups in total. The van der Waals surface area contributed by atoms with Crippen molar-refractivity contribution in [3.05, 3.63) is 35.1 Å². The molecule has 15 heavy (non-hydrogen) atoms. The minimum absolute atomic E-state index is 0. The van der Waals surface area contributed by atoms with Crippen LogP contribution in [0.25, 0.3) is 0 Å². The zero-order chi connectivity index (χ0) is 10.6. The van der Waals surface area contributed by atoms with E-state index in [1.165, 1.54) is 6.07 Å². The molecule has 0 aliphatic rings. The summed E-state index contributed by atoms with van der Waals surface area (Å²) in [6.07, 6.45) is 3.24. The fourth-order valence-corrected chi connectivity index (χ4v) is 1.63. The van der Waals surface area contributed by atoms with Crippen LogP contribution in [0.15, 0.2) is 18.2 Å². The summed E-state index contributed by atoms with van der Waals surface area (Å²) in [5, 5.41) is 0. The second-order valence-electron chi connectivity index (χ2n) is 3.75. The molecule has 1 rings (SSSR count). The van der Waals surface area contributed by atoms with Gasteiger partial charge in [-0.05, 0) is 36.6 Å². The van der Waals surface area contributed by atoms with Crippen molar-refractivity contribution < 1.29 is 4.39 Å². The molecule has 1 atom stereocenters. The summed E-state index contributed by atoms with van der Waals surface area (Å²) in [6.45, 7) is 4.05. The third-order valence-corrected chi connectivity index (χ3v) is 2.50. The molecule has 3 heteroatoms. The smallest absolute Gasteiger partial charge is 0.123 e. The van der Waals surface area contributed by atoms with Gasteiger partial charge < -0.3 is 5.73 Å². The zero-order valence-electron chi connectivity index (χ0n) is 9.29. The van der Waals surface area contributed by atoms with Crippen molar-refractivity contribution in [2.24, 2.45) is 5.73 Å². The molecule has 0 amide bonds. The van der Waals surface area contributed by atoms with Gasteiger partial charge in [-0.2, -0.15) is 0 Å². The minimum atomic E-state index is -0.186. The number of unbranched alkanes of at least 4 members (excludes halogenated alkanes) is 1. The lowest BCUT2D eigenvalue weighted by molar-refractivity contribution is 0.593. The molecule has 0 fully saturated rings. The van der Waals surface area contributed by atoms with E-state index in [-0.39, 0.29) is 24.3 Å². The predicted molar refractivity (Wildman–Crippen MR) is 64.8 cm³/mol. The zero-order valence-corrected chi connectivity index (χ0v) is 10.1. The number of hydrogen-bond acceptors (Lipinski definition) is 1. The molecule has 1 aromatic rings. The van der Waals surface area contributed by atoms with Crippen LogP contribution < -0.4 is 5.73 Å². The van der Waals surface area contributed by atoms with E-state index in [9.17, 15) is 4.39 Å². The molecule has 0 spiro atoms. The maximum atomic E-state index is 12.8. The van der Waals surface area contributed by atoms with Crippen molar-refractivity contribution in [1.29, 1.82) is 0 Å². The second kappa shape index (κ2) is 6.81. The average molecular weight is 232 g/mol. The molecular weight excluding hydrogens is 213 g/mol. The number of benzene rings is 1. The van der Waals surface area contributed by atoms with Crippen LogP contribution in [-0.2, 0) is 0 Å². The minimum Gasteiger partial charge on any atom is -0.324 e. The van der Waals surface area contributed by atoms with Crippen molar-refractivity contribution in [3.8, 4) is 0 Å². The van der Waals surface area contributed by atoms with Gasteiger partial charge in [0.15, 0.2) is 0 Å². The van der Waals surface area contributed by atoms with Gasteiger partial charge in [-0.25, -0.2) is 4.39 Å². The third kappa shape index (κ3) is 4.18. The van der Waals surface area contributed by atoms with E-state index >= 15 is 0 Å². The standard InChI is InChI=1S/C12H18FN.ClH/c1-3-4-5-12(14)11-7-6-10(13)8-9(11)2;/h6-8,12H,3-5,14H2,1-2H3;1H/t12-;/m0./s1. The lowest BCUT2D eigenvalue weighted by Gasteiger charge is -2.14. The van der Waals surface area contributed by atoms with Gasteiger partial charge in [0.25, 0.3) is 0 Å². The summed E-state index contributed by atoms with van der Waals surface area (Å²) in [5.41, 5.74) is 8.03. The van der Waals surface area contributed by atoms with E-state index in [2.05, 4.69) is 6.92 Å². The molecule has 0 aliphatic heterocycles. The molecule has 0 aromatic heterocycles. The Morgan fingerprint density at radius 1 is 1.40 bits per heavy atom. The Labute approximate surface area is 97.3 Å². The lowest BCUT2D eigenvalue weighted by atomic mass is 9.98. The van der Waals surface area contributed by atoms with Crippen LogP contribution in [0.2, 0.25) is 0 Å². The van der Waals surface area contributed by atoms with Crippen LogP contribution in [0, 0.1) is 12.7 Å². The summed E-state index contributed by atoms with van der Waals surface area (Å²) in [4.78, 5) is 0. The summed E-state index contributed by atoms with van der Waals surface area (Å²) in [6, 6.07) is 4.87. The number of aryl methyl sites for hydroxylation is 1. The molecule has 86 valence electrons. The van der Waals surface area contributed by atoms with E-state index < -0.39 is 0 Å². The molecule has 0 radical (unpaired) electrons. The normalized spacial score (nSPS) is 12.0. The fourth-order valence-electron chi connectivity index (χ4n) is 1.63. The Kier molecular flexibility index (Phi) is 6.53. The molecular formula is C12H19ClFN. The summed E-state index contributed by atoms with van der Waals surface area (Å²) < 4.78 is 12.8. The van der Waals surface area contributed by atoms with Gasteiger partial charge in [-0.1, -0.05) is 25.8 Å². The molecule has 0 aliphatic carbocycles. The van der Waals surface area contributed by atoms with Crippen LogP contribution in [-0.4, -0.2) is 0 Å². The van der Waals surface area contributed by atoms with Crippen molar-refractivity contribution >= 4 is 12.4 Å². The number of hydrogen-bond donors (Lipinski definition) is 1. The lowest BCUT2D eigenvalue weighted by Crippen LogP contribution is -2.11. The first-order chi connectivity index (χ1) is 6.65. The second-order valence-corrected chi connectivity index (χ2v) is 3.75. The SMILES string of the molecule is CCCC[C@H](N)c1ccc(F)cc1C.Cl. The first-order valence-electron chi connectivity index (χ1n) is 5.16. The van der Waals surface area contributed by atoms with E-state index in [0.29, 0.717) is 0 Å². The molecule has 0 heterocycles. The summed E-state index contributed by atoms with van der Waals surface area (Å²) in [5.74, 6) is -0.186. The van der Waals surface area contributed by atoms with E-state index in [0.717, 1.165) is 30.4 Å². The number of rotatable bonds is 4. The topological polar surface area (TPSA) is 26.0 Å². The van der Waals surface area contributed by atoms with Crippen LogP contribution >= 0.6 is 12.4 Å². The highest BCUT2D eigenvalue weighted by Crippen LogP contribution is 2.20. The Balaban J connectivity index is 0.00000196. The van der Waals surface area contributed by atoms with Gasteiger partial charge in [-0.15, -0.1) is 12.4 Å². The van der Waals surface area contributed by atoms with Crippen LogP contribution in [0.1, 0.15) is 43.4 Å². The van der Waals surface area contributed by atoms with Gasteiger partial charge in [0.1, 0.15) is 5.82 Å². The van der Waals surface area contributed by atoms with Gasteiger partial charge in [0.2, 0.25) is 0 Å². The van der Waals surface area contributed by atoms with Crippen LogP contribution in [0.3, 0.4) is 0 Å². The quantitative estimate of drug-likeness (QED) is 0.839. The van der Waals surface area contributed by atoms with Gasteiger partial charge in [-0.3, -0.25) is 0 Å². The largest absolute Gasteiger partial charge is 0.324 e. The van der Waals surface area contributed by atoms with Crippen molar-refractivity contribution in [2.75, 3.05) is 0 Å². The highest BCUT2D eigenvalue weighted by atomic mass is 35.5. The highest BCUT2D eigenvalue weighted by Gasteiger charge is 2.08. The van der Waals surface area contributed by atoms with E-state index in [1.807, 2.05) is 6.92 Å². The first-order valence-corrected chi connectivity index (χ1v) is 5.16. The van der Waals surface area contributed by atoms with Crippen molar-refractivity contribution in [2.45, 2.75) is 39.2 Å². The van der Waals surface area contributed by atoms with Crippen LogP contribution in [0.5, 0.6) is 0 Å². The number of nitrogens with two attached hydrogens (primary N) is 1. The Bertz CT molecular complexity index is 302. The molecule has 0 saturated heterocycles. The van der Waals surface area contributed by atoms with Gasteiger partial charge in [0.05, 0.1) is 0 Å². The van der Waals surface area contributed by atoms with Gasteiger partial charge in [0, 0.05) is 6.04 Å². The van der Waals surface area contributed by atoms with E-state index in [4.69, 9.17) is 5.73 Å². The Morgan fingerprint density at radius 3 is 2.60 bits per heavy atom. The Hall–Kier alpha value is -0.600. The molecule has 0 bridgehead atoms. The summed E-state index contributed by atoms with van der Waals surface area (Å²) in [7, 11) is 0. The number of halogens is 2. The van der Waals surface area contributed by atoms with Crippen LogP contribution in [0.4, 0.5) is 4.39 Å². The molecule has 1 nitrogen and oxygen atoms in total. The first kappa shape index (κ1) is 14.4. The third-order valence-electron chi connectivity index (χ3n) is 2.50. The van der Waals surface area contributed by atoms with E-state index in [1.54, 1.807) is 12.1 Å². The maximum absolute atomic E-state index is 12.8. The van der Waals surface area contributed by atoms with Gasteiger partial charge >= 0.3 is 0 Å². The molecule has 0 saturated carbocycles. The van der Waals surface area contributed by atoms with Crippen molar-refractivity contribution in [3.63, 3.8) is 0 Å². The maximum Gasteiger partial charge on any atom is 0.123 e. The predicted octanol–water partition coefficient (Wildman–Crippen LogP) is 3.75. The average Bonchev–Trinajstić information content (AvgIpc) is 2.14. The van der Waals surface area contributed by atoms with Crippen molar-refractivity contribution in [1.82, 2.24) is 0 Å². The Morgan fingerprint density at radius 2 is 2.07 bits per heavy atom. The monoisotopic (exact) mass is 231 g/mol. The molecule has 1 aromatic carbocycles. The molecule has 0 unspecified atom stereocenters.